The number of nitrogens with zero attached hydrogens (tertiary/aromatic N) is 3. The normalized spacial score (nSPS) is 11.5. The van der Waals surface area contributed by atoms with E-state index >= 15 is 0 Å². The number of alkyl halides is 3. The lowest BCUT2D eigenvalue weighted by Crippen LogP contribution is -2.17. The van der Waals surface area contributed by atoms with Gasteiger partial charge in [-0.2, -0.15) is 0 Å². The lowest BCUT2D eigenvalue weighted by Gasteiger charge is -2.09. The molecule has 0 aliphatic heterocycles. The number of amides is 1. The van der Waals surface area contributed by atoms with Gasteiger partial charge in [0.2, 0.25) is 0 Å². The molecule has 0 aliphatic carbocycles. The van der Waals surface area contributed by atoms with E-state index in [1.54, 1.807) is 6.26 Å². The van der Waals surface area contributed by atoms with Crippen LogP contribution in [-0.4, -0.2) is 34.9 Å². The molecule has 2 rings (SSSR count). The van der Waals surface area contributed by atoms with Gasteiger partial charge >= 0.3 is 12.5 Å². The molecule has 1 amide bonds. The Bertz CT molecular complexity index is 827. The van der Waals surface area contributed by atoms with Gasteiger partial charge in [0, 0.05) is 5.69 Å². The molecule has 2 aromatic rings. The van der Waals surface area contributed by atoms with E-state index < -0.39 is 18.2 Å². The third-order valence-electron chi connectivity index (χ3n) is 2.67. The Balaban J connectivity index is 1.94. The van der Waals surface area contributed by atoms with Crippen molar-refractivity contribution in [2.45, 2.75) is 11.5 Å². The number of thioether (sulfide) groups is 1. The van der Waals surface area contributed by atoms with Crippen LogP contribution in [-0.2, 0) is 4.84 Å². The van der Waals surface area contributed by atoms with Crippen LogP contribution in [0.2, 0.25) is 10.3 Å². The van der Waals surface area contributed by atoms with E-state index in [-0.39, 0.29) is 21.6 Å². The highest BCUT2D eigenvalue weighted by atomic mass is 35.5. The summed E-state index contributed by atoms with van der Waals surface area (Å²) in [6.07, 6.45) is -3.01. The molecular formula is C14H9Cl2F3N4O3S. The van der Waals surface area contributed by atoms with Gasteiger partial charge in [-0.3, -0.25) is 10.2 Å². The summed E-state index contributed by atoms with van der Waals surface area (Å²) in [5.74, 6) is -0.433. The quantitative estimate of drug-likeness (QED) is 0.176. The minimum absolute atomic E-state index is 0.0207. The molecular weight excluding hydrogens is 432 g/mol. The van der Waals surface area contributed by atoms with Gasteiger partial charge < -0.3 is 4.74 Å². The SMILES string of the molecule is CSc1nc(Cl)c(C=NOC(=O)Nc2ccc(OC(F)(F)F)cc2)c(Cl)n1. The monoisotopic (exact) mass is 440 g/mol. The molecule has 0 saturated heterocycles. The molecule has 13 heteroatoms. The topological polar surface area (TPSA) is 85.7 Å². The van der Waals surface area contributed by atoms with Crippen LogP contribution in [0.15, 0.2) is 34.6 Å². The fraction of sp³-hybridized carbons (Fsp3) is 0.143. The number of hydrogen-bond acceptors (Lipinski definition) is 7. The maximum Gasteiger partial charge on any atom is 0.573 e. The van der Waals surface area contributed by atoms with Gasteiger partial charge in [-0.15, -0.1) is 13.2 Å². The maximum absolute atomic E-state index is 12.1. The standard InChI is InChI=1S/C14H9Cl2F3N4O3S/c1-27-12-22-10(15)9(11(16)23-12)6-20-26-13(24)21-7-2-4-8(5-3-7)25-14(17,18)19/h2-6H,1H3,(H,21,24). The third kappa shape index (κ3) is 6.77. The van der Waals surface area contributed by atoms with Crippen LogP contribution in [0, 0.1) is 0 Å². The number of ether oxygens (including phenoxy) is 1. The van der Waals surface area contributed by atoms with Crippen molar-refractivity contribution in [2.24, 2.45) is 5.16 Å². The first kappa shape index (κ1) is 21.1. The van der Waals surface area contributed by atoms with Crippen molar-refractivity contribution < 1.29 is 27.5 Å². The van der Waals surface area contributed by atoms with E-state index in [4.69, 9.17) is 23.2 Å². The zero-order valence-electron chi connectivity index (χ0n) is 13.3. The molecule has 0 atom stereocenters. The molecule has 7 nitrogen and oxygen atoms in total. The minimum Gasteiger partial charge on any atom is -0.406 e. The molecule has 1 heterocycles. The number of hydrogen-bond donors (Lipinski definition) is 1. The lowest BCUT2D eigenvalue weighted by atomic mass is 10.3. The highest BCUT2D eigenvalue weighted by Gasteiger charge is 2.30. The maximum atomic E-state index is 12.1. The van der Waals surface area contributed by atoms with E-state index in [0.717, 1.165) is 18.3 Å². The largest absolute Gasteiger partial charge is 0.573 e. The van der Waals surface area contributed by atoms with Crippen LogP contribution in [0.1, 0.15) is 5.56 Å². The molecule has 1 N–H and O–H groups in total. The number of carbonyl (C=O) groups excluding carboxylic acids is 1. The summed E-state index contributed by atoms with van der Waals surface area (Å²) in [6.45, 7) is 0. The Morgan fingerprint density at radius 3 is 2.33 bits per heavy atom. The smallest absolute Gasteiger partial charge is 0.406 e. The van der Waals surface area contributed by atoms with Crippen molar-refractivity contribution in [2.75, 3.05) is 11.6 Å². The number of carbonyl (C=O) groups is 1. The molecule has 0 radical (unpaired) electrons. The number of anilines is 1. The highest BCUT2D eigenvalue weighted by Crippen LogP contribution is 2.24. The molecule has 144 valence electrons. The van der Waals surface area contributed by atoms with E-state index in [9.17, 15) is 18.0 Å². The van der Waals surface area contributed by atoms with E-state index in [1.165, 1.54) is 23.9 Å². The van der Waals surface area contributed by atoms with Gasteiger partial charge in [0.1, 0.15) is 16.1 Å². The number of aromatic nitrogens is 2. The molecule has 27 heavy (non-hydrogen) atoms. The lowest BCUT2D eigenvalue weighted by molar-refractivity contribution is -0.274. The summed E-state index contributed by atoms with van der Waals surface area (Å²) in [7, 11) is 0. The summed E-state index contributed by atoms with van der Waals surface area (Å²) in [6, 6.07) is 4.43. The molecule has 0 spiro atoms. The van der Waals surface area contributed by atoms with Crippen LogP contribution in [0.3, 0.4) is 0 Å². The number of oxime groups is 1. The summed E-state index contributed by atoms with van der Waals surface area (Å²) >= 11 is 13.1. The molecule has 0 bridgehead atoms. The Morgan fingerprint density at radius 2 is 1.81 bits per heavy atom. The summed E-state index contributed by atoms with van der Waals surface area (Å²) in [5, 5.41) is 6.07. The Morgan fingerprint density at radius 1 is 1.22 bits per heavy atom. The van der Waals surface area contributed by atoms with Gasteiger partial charge in [0.05, 0.1) is 11.8 Å². The second-order valence-electron chi connectivity index (χ2n) is 4.52. The van der Waals surface area contributed by atoms with Gasteiger partial charge in [-0.1, -0.05) is 40.1 Å². The molecule has 1 aromatic carbocycles. The predicted molar refractivity (Wildman–Crippen MR) is 94.7 cm³/mol. The van der Waals surface area contributed by atoms with Gasteiger partial charge in [0.25, 0.3) is 0 Å². The molecule has 0 saturated carbocycles. The van der Waals surface area contributed by atoms with Crippen LogP contribution >= 0.6 is 35.0 Å². The number of rotatable bonds is 5. The van der Waals surface area contributed by atoms with Crippen molar-refractivity contribution >= 4 is 53.0 Å². The van der Waals surface area contributed by atoms with E-state index in [1.807, 2.05) is 0 Å². The summed E-state index contributed by atoms with van der Waals surface area (Å²) in [5.41, 5.74) is 0.311. The second kappa shape index (κ2) is 9.11. The van der Waals surface area contributed by atoms with Crippen molar-refractivity contribution in [1.82, 2.24) is 9.97 Å². The average molecular weight is 441 g/mol. The molecule has 0 unspecified atom stereocenters. The van der Waals surface area contributed by atoms with Crippen LogP contribution in [0.5, 0.6) is 5.75 Å². The molecule has 0 fully saturated rings. The Kier molecular flexibility index (Phi) is 7.11. The van der Waals surface area contributed by atoms with Crippen LogP contribution in [0.4, 0.5) is 23.7 Å². The van der Waals surface area contributed by atoms with Crippen molar-refractivity contribution in [1.29, 1.82) is 0 Å². The van der Waals surface area contributed by atoms with Crippen LogP contribution in [0.25, 0.3) is 0 Å². The summed E-state index contributed by atoms with van der Waals surface area (Å²) < 4.78 is 39.9. The zero-order valence-corrected chi connectivity index (χ0v) is 15.6. The molecule has 1 aromatic heterocycles. The van der Waals surface area contributed by atoms with Crippen molar-refractivity contribution in [3.8, 4) is 5.75 Å². The van der Waals surface area contributed by atoms with E-state index in [2.05, 4.69) is 30.0 Å². The van der Waals surface area contributed by atoms with E-state index in [0.29, 0.717) is 5.16 Å². The van der Waals surface area contributed by atoms with Gasteiger partial charge in [-0.25, -0.2) is 14.8 Å². The number of halogens is 5. The van der Waals surface area contributed by atoms with Gasteiger partial charge in [-0.05, 0) is 30.5 Å². The minimum atomic E-state index is -4.80. The highest BCUT2D eigenvalue weighted by molar-refractivity contribution is 7.98. The second-order valence-corrected chi connectivity index (χ2v) is 6.01. The zero-order chi connectivity index (χ0) is 20.0. The van der Waals surface area contributed by atoms with Crippen molar-refractivity contribution in [3.63, 3.8) is 0 Å². The fourth-order valence-electron chi connectivity index (χ4n) is 1.60. The Labute approximate surface area is 164 Å². The van der Waals surface area contributed by atoms with Crippen LogP contribution < -0.4 is 10.1 Å². The predicted octanol–water partition coefficient (Wildman–Crippen LogP) is 4.99. The Hall–Kier alpha value is -2.24. The third-order valence-corrected chi connectivity index (χ3v) is 3.79. The number of benzene rings is 1. The summed E-state index contributed by atoms with van der Waals surface area (Å²) in [4.78, 5) is 24.1. The number of nitrogens with one attached hydrogen (secondary N) is 1. The first-order chi connectivity index (χ1) is 12.7. The first-order valence-electron chi connectivity index (χ1n) is 6.82. The van der Waals surface area contributed by atoms with Gasteiger partial charge in [0.15, 0.2) is 5.16 Å². The fourth-order valence-corrected chi connectivity index (χ4v) is 2.55. The van der Waals surface area contributed by atoms with Crippen molar-refractivity contribution in [3.05, 3.63) is 40.1 Å². The first-order valence-corrected chi connectivity index (χ1v) is 8.80. The average Bonchev–Trinajstić information content (AvgIpc) is 2.57. The molecule has 0 aliphatic rings.